The Kier molecular flexibility index (Phi) is 7.57. The van der Waals surface area contributed by atoms with Crippen LogP contribution in [0.3, 0.4) is 0 Å². The van der Waals surface area contributed by atoms with Gasteiger partial charge in [0, 0.05) is 28.0 Å². The number of aromatic carboxylic acids is 1. The number of hydrogen-bond acceptors (Lipinski definition) is 3. The first kappa shape index (κ1) is 26.6. The van der Waals surface area contributed by atoms with E-state index in [2.05, 4.69) is 4.98 Å². The number of methoxy groups -OCH3 is 1. The number of nitrogens with one attached hydrogen (secondary N) is 1. The Morgan fingerprint density at radius 3 is 2.35 bits per heavy atom. The molecule has 0 aliphatic heterocycles. The van der Waals surface area contributed by atoms with E-state index < -0.39 is 17.2 Å². The number of carbonyl (C=O) groups is 1. The van der Waals surface area contributed by atoms with Crippen molar-refractivity contribution < 1.29 is 23.4 Å². The molecule has 1 aromatic heterocycles. The van der Waals surface area contributed by atoms with Gasteiger partial charge in [-0.1, -0.05) is 43.1 Å². The molecule has 37 heavy (non-hydrogen) atoms. The second-order valence-corrected chi connectivity index (χ2v) is 9.93. The molecule has 0 saturated carbocycles. The third kappa shape index (κ3) is 5.48. The van der Waals surface area contributed by atoms with Gasteiger partial charge in [0.1, 0.15) is 23.2 Å². The van der Waals surface area contributed by atoms with Crippen molar-refractivity contribution in [2.75, 3.05) is 7.11 Å². The molecule has 9 heteroatoms. The number of H-pyrrole nitrogens is 1. The minimum absolute atomic E-state index is 0.0385. The lowest BCUT2D eigenvalue weighted by atomic mass is 9.79. The SMILES string of the molecule is COc1cc(C(C)(C)c2[nH]c(CCc3c(F)cc(C(=O)O)cc3Cl)nc2-c2ccc(F)cc2)ccc1Cl. The topological polar surface area (TPSA) is 75.2 Å². The van der Waals surface area contributed by atoms with Crippen LogP contribution < -0.4 is 4.74 Å². The van der Waals surface area contributed by atoms with Crippen LogP contribution in [0.4, 0.5) is 8.78 Å². The predicted molar refractivity (Wildman–Crippen MR) is 140 cm³/mol. The molecule has 0 radical (unpaired) electrons. The molecule has 0 aliphatic rings. The number of halogens is 4. The number of benzene rings is 3. The number of aromatic amines is 1. The maximum absolute atomic E-state index is 14.6. The fourth-order valence-corrected chi connectivity index (χ4v) is 4.71. The lowest BCUT2D eigenvalue weighted by molar-refractivity contribution is 0.0696. The molecule has 5 nitrogen and oxygen atoms in total. The van der Waals surface area contributed by atoms with Crippen LogP contribution in [-0.2, 0) is 18.3 Å². The second kappa shape index (κ2) is 10.5. The summed E-state index contributed by atoms with van der Waals surface area (Å²) in [6.07, 6.45) is 0.493. The van der Waals surface area contributed by atoms with Gasteiger partial charge >= 0.3 is 5.97 Å². The first-order valence-electron chi connectivity index (χ1n) is 11.4. The highest BCUT2D eigenvalue weighted by atomic mass is 35.5. The van der Waals surface area contributed by atoms with Crippen molar-refractivity contribution in [1.82, 2.24) is 9.97 Å². The van der Waals surface area contributed by atoms with Gasteiger partial charge in [-0.25, -0.2) is 18.6 Å². The number of nitrogens with zero attached hydrogens (tertiary/aromatic N) is 1. The number of imidazole rings is 1. The Morgan fingerprint density at radius 1 is 1.03 bits per heavy atom. The Labute approximate surface area is 223 Å². The van der Waals surface area contributed by atoms with E-state index in [1.807, 2.05) is 26.0 Å². The molecule has 0 unspecified atom stereocenters. The summed E-state index contributed by atoms with van der Waals surface area (Å²) in [6, 6.07) is 13.7. The van der Waals surface area contributed by atoms with E-state index in [1.54, 1.807) is 25.3 Å². The van der Waals surface area contributed by atoms with E-state index in [-0.39, 0.29) is 28.4 Å². The van der Waals surface area contributed by atoms with Crippen molar-refractivity contribution >= 4 is 29.2 Å². The van der Waals surface area contributed by atoms with E-state index in [4.69, 9.17) is 38.0 Å². The highest BCUT2D eigenvalue weighted by Crippen LogP contribution is 2.39. The minimum atomic E-state index is -1.26. The number of hydrogen-bond donors (Lipinski definition) is 2. The highest BCUT2D eigenvalue weighted by molar-refractivity contribution is 6.32. The summed E-state index contributed by atoms with van der Waals surface area (Å²) in [7, 11) is 1.55. The normalized spacial score (nSPS) is 11.5. The van der Waals surface area contributed by atoms with Gasteiger partial charge in [-0.05, 0) is 60.5 Å². The molecule has 0 spiro atoms. The predicted octanol–water partition coefficient (Wildman–Crippen LogP) is 7.48. The quantitative estimate of drug-likeness (QED) is 0.241. The van der Waals surface area contributed by atoms with Crippen molar-refractivity contribution in [3.63, 3.8) is 0 Å². The maximum Gasteiger partial charge on any atom is 0.335 e. The lowest BCUT2D eigenvalue weighted by Gasteiger charge is -2.26. The number of rotatable bonds is 8. The van der Waals surface area contributed by atoms with Gasteiger partial charge < -0.3 is 14.8 Å². The van der Waals surface area contributed by atoms with Crippen LogP contribution in [0.2, 0.25) is 10.0 Å². The van der Waals surface area contributed by atoms with Crippen molar-refractivity contribution in [2.45, 2.75) is 32.1 Å². The molecule has 0 amide bonds. The third-order valence-corrected chi connectivity index (χ3v) is 7.02. The smallest absolute Gasteiger partial charge is 0.335 e. The molecular weight excluding hydrogens is 521 g/mol. The van der Waals surface area contributed by atoms with Crippen molar-refractivity contribution in [1.29, 1.82) is 0 Å². The van der Waals surface area contributed by atoms with Crippen molar-refractivity contribution in [3.05, 3.63) is 104 Å². The monoisotopic (exact) mass is 544 g/mol. The van der Waals surface area contributed by atoms with Crippen molar-refractivity contribution in [2.24, 2.45) is 0 Å². The van der Waals surface area contributed by atoms with E-state index in [1.165, 1.54) is 18.2 Å². The molecular formula is C28H24Cl2F2N2O3. The third-order valence-electron chi connectivity index (χ3n) is 6.37. The molecule has 4 aromatic rings. The zero-order valence-electron chi connectivity index (χ0n) is 20.3. The maximum atomic E-state index is 14.6. The van der Waals surface area contributed by atoms with Crippen LogP contribution in [-0.4, -0.2) is 28.2 Å². The highest BCUT2D eigenvalue weighted by Gasteiger charge is 2.31. The summed E-state index contributed by atoms with van der Waals surface area (Å²) in [6.45, 7) is 4.03. The first-order valence-corrected chi connectivity index (χ1v) is 12.2. The van der Waals surface area contributed by atoms with Gasteiger partial charge in [0.05, 0.1) is 29.1 Å². The molecule has 2 N–H and O–H groups in total. The number of ether oxygens (including phenoxy) is 1. The van der Waals surface area contributed by atoms with Gasteiger partial charge in [-0.15, -0.1) is 0 Å². The standard InChI is InChI=1S/C28H24Cl2F2N2O3/c1-28(2,17-6-10-20(29)23(14-17)37-3)26-25(15-4-7-18(31)8-5-15)33-24(34-26)11-9-19-21(30)12-16(27(35)36)13-22(19)32/h4-8,10,12-14H,9,11H2,1-3H3,(H,33,34)(H,35,36). The average Bonchev–Trinajstić information content (AvgIpc) is 3.29. The first-order chi connectivity index (χ1) is 17.5. The zero-order valence-corrected chi connectivity index (χ0v) is 21.8. The van der Waals surface area contributed by atoms with Crippen LogP contribution in [0, 0.1) is 11.6 Å². The average molecular weight is 545 g/mol. The van der Waals surface area contributed by atoms with Crippen LogP contribution in [0.15, 0.2) is 54.6 Å². The molecule has 0 saturated heterocycles. The van der Waals surface area contributed by atoms with Gasteiger partial charge in [-0.2, -0.15) is 0 Å². The Hall–Kier alpha value is -3.42. The largest absolute Gasteiger partial charge is 0.495 e. The number of aromatic nitrogens is 2. The lowest BCUT2D eigenvalue weighted by Crippen LogP contribution is -2.21. The number of aryl methyl sites for hydroxylation is 1. The van der Waals surface area contributed by atoms with E-state index >= 15 is 0 Å². The molecule has 4 rings (SSSR count). The van der Waals surface area contributed by atoms with Gasteiger partial charge in [0.15, 0.2) is 0 Å². The molecule has 1 heterocycles. The summed E-state index contributed by atoms with van der Waals surface area (Å²) in [5.41, 5.74) is 2.40. The van der Waals surface area contributed by atoms with Crippen LogP contribution in [0.5, 0.6) is 5.75 Å². The Balaban J connectivity index is 1.75. The Morgan fingerprint density at radius 2 is 1.73 bits per heavy atom. The minimum Gasteiger partial charge on any atom is -0.495 e. The van der Waals surface area contributed by atoms with Crippen molar-refractivity contribution in [3.8, 4) is 17.0 Å². The number of carboxylic acids is 1. The van der Waals surface area contributed by atoms with Crippen LogP contribution >= 0.6 is 23.2 Å². The summed E-state index contributed by atoms with van der Waals surface area (Å²) in [5.74, 6) is -1.21. The van der Waals surface area contributed by atoms with Gasteiger partial charge in [0.2, 0.25) is 0 Å². The second-order valence-electron chi connectivity index (χ2n) is 9.11. The fourth-order valence-electron chi connectivity index (χ4n) is 4.21. The molecule has 0 aliphatic carbocycles. The molecule has 0 fully saturated rings. The zero-order chi connectivity index (χ0) is 26.9. The Bertz CT molecular complexity index is 1440. The molecule has 0 bridgehead atoms. The van der Waals surface area contributed by atoms with Gasteiger partial charge in [0.25, 0.3) is 0 Å². The van der Waals surface area contributed by atoms with Crippen LogP contribution in [0.1, 0.15) is 46.9 Å². The van der Waals surface area contributed by atoms with Crippen LogP contribution in [0.25, 0.3) is 11.3 Å². The fraction of sp³-hybridized carbons (Fsp3) is 0.214. The van der Waals surface area contributed by atoms with E-state index in [9.17, 15) is 13.6 Å². The summed E-state index contributed by atoms with van der Waals surface area (Å²) < 4.78 is 33.7. The number of carboxylic acid groups (broad SMARTS) is 1. The summed E-state index contributed by atoms with van der Waals surface area (Å²) in [4.78, 5) is 19.4. The molecule has 0 atom stereocenters. The molecule has 192 valence electrons. The van der Waals surface area contributed by atoms with E-state index in [0.717, 1.165) is 17.3 Å². The van der Waals surface area contributed by atoms with E-state index in [0.29, 0.717) is 34.3 Å². The van der Waals surface area contributed by atoms with Gasteiger partial charge in [-0.3, -0.25) is 0 Å². The molecule has 3 aromatic carbocycles. The summed E-state index contributed by atoms with van der Waals surface area (Å²) >= 11 is 12.4. The summed E-state index contributed by atoms with van der Waals surface area (Å²) in [5, 5.41) is 9.65.